The van der Waals surface area contributed by atoms with Crippen LogP contribution in [0.5, 0.6) is 0 Å². The Morgan fingerprint density at radius 2 is 1.83 bits per heavy atom. The zero-order valence-electron chi connectivity index (χ0n) is 10.9. The highest BCUT2D eigenvalue weighted by molar-refractivity contribution is 7.89. The summed E-state index contributed by atoms with van der Waals surface area (Å²) >= 11 is 0. The first kappa shape index (κ1) is 15.1. The molecule has 1 rings (SSSR count). The van der Waals surface area contributed by atoms with Crippen LogP contribution in [-0.2, 0) is 14.8 Å². The Balaban J connectivity index is 2.79. The van der Waals surface area contributed by atoms with Crippen molar-refractivity contribution in [3.8, 4) is 0 Å². The summed E-state index contributed by atoms with van der Waals surface area (Å²) < 4.78 is 31.4. The maximum atomic E-state index is 11.9. The Morgan fingerprint density at radius 3 is 2.28 bits per heavy atom. The first-order chi connectivity index (χ1) is 8.36. The Hall–Kier alpha value is -0.950. The zero-order valence-corrected chi connectivity index (χ0v) is 11.7. The lowest BCUT2D eigenvalue weighted by Crippen LogP contribution is -2.31. The molecule has 0 saturated carbocycles. The number of sulfonamides is 1. The van der Waals surface area contributed by atoms with E-state index in [1.807, 2.05) is 6.92 Å². The quantitative estimate of drug-likeness (QED) is 0.810. The van der Waals surface area contributed by atoms with Crippen molar-refractivity contribution >= 4 is 10.0 Å². The minimum absolute atomic E-state index is 0.108. The number of benzene rings is 1. The van der Waals surface area contributed by atoms with Gasteiger partial charge in [-0.15, -0.1) is 0 Å². The van der Waals surface area contributed by atoms with Crippen LogP contribution < -0.4 is 10.5 Å². The molecule has 0 amide bonds. The lowest BCUT2D eigenvalue weighted by atomic mass is 10.1. The summed E-state index contributed by atoms with van der Waals surface area (Å²) in [6.45, 7) is 3.89. The van der Waals surface area contributed by atoms with Gasteiger partial charge in [-0.2, -0.15) is 0 Å². The molecule has 1 aromatic rings. The lowest BCUT2D eigenvalue weighted by Gasteiger charge is -2.12. The molecule has 0 aliphatic carbocycles. The van der Waals surface area contributed by atoms with Gasteiger partial charge in [-0.05, 0) is 31.5 Å². The average molecular weight is 272 g/mol. The molecule has 102 valence electrons. The molecule has 0 aliphatic heterocycles. The highest BCUT2D eigenvalue weighted by Crippen LogP contribution is 2.14. The minimum Gasteiger partial charge on any atom is -0.380 e. The molecular weight excluding hydrogens is 252 g/mol. The zero-order chi connectivity index (χ0) is 13.8. The third kappa shape index (κ3) is 4.06. The van der Waals surface area contributed by atoms with Gasteiger partial charge in [0.1, 0.15) is 0 Å². The molecule has 18 heavy (non-hydrogen) atoms. The van der Waals surface area contributed by atoms with E-state index in [1.165, 1.54) is 7.11 Å². The smallest absolute Gasteiger partial charge is 0.240 e. The van der Waals surface area contributed by atoms with Crippen LogP contribution in [0.15, 0.2) is 29.2 Å². The van der Waals surface area contributed by atoms with Gasteiger partial charge in [-0.25, -0.2) is 13.1 Å². The van der Waals surface area contributed by atoms with E-state index in [0.717, 1.165) is 5.56 Å². The van der Waals surface area contributed by atoms with Crippen LogP contribution in [0.3, 0.4) is 0 Å². The van der Waals surface area contributed by atoms with Crippen LogP contribution >= 0.6 is 0 Å². The predicted molar refractivity (Wildman–Crippen MR) is 70.7 cm³/mol. The number of methoxy groups -OCH3 is 1. The normalized spacial score (nSPS) is 15.3. The van der Waals surface area contributed by atoms with Crippen molar-refractivity contribution in [1.82, 2.24) is 4.72 Å². The monoisotopic (exact) mass is 272 g/mol. The molecule has 0 heterocycles. The number of ether oxygens (including phenoxy) is 1. The molecule has 0 aromatic heterocycles. The first-order valence-corrected chi connectivity index (χ1v) is 7.23. The summed E-state index contributed by atoms with van der Waals surface area (Å²) in [5.74, 6) is 0. The van der Waals surface area contributed by atoms with Gasteiger partial charge < -0.3 is 10.5 Å². The SMILES string of the molecule is COC(C)CNS(=O)(=O)c1ccc(C(C)N)cc1. The van der Waals surface area contributed by atoms with Gasteiger partial charge in [0.25, 0.3) is 0 Å². The maximum Gasteiger partial charge on any atom is 0.240 e. The topological polar surface area (TPSA) is 81.4 Å². The van der Waals surface area contributed by atoms with Crippen LogP contribution in [-0.4, -0.2) is 28.2 Å². The number of hydrogen-bond donors (Lipinski definition) is 2. The Morgan fingerprint density at radius 1 is 1.28 bits per heavy atom. The highest BCUT2D eigenvalue weighted by atomic mass is 32.2. The molecular formula is C12H20N2O3S. The second-order valence-electron chi connectivity index (χ2n) is 4.26. The summed E-state index contributed by atoms with van der Waals surface area (Å²) in [5, 5.41) is 0. The molecule has 0 radical (unpaired) electrons. The number of nitrogens with one attached hydrogen (secondary N) is 1. The molecule has 5 nitrogen and oxygen atoms in total. The third-order valence-corrected chi connectivity index (χ3v) is 4.12. The second-order valence-corrected chi connectivity index (χ2v) is 6.02. The highest BCUT2D eigenvalue weighted by Gasteiger charge is 2.15. The van der Waals surface area contributed by atoms with Gasteiger partial charge >= 0.3 is 0 Å². The number of nitrogens with two attached hydrogens (primary N) is 1. The standard InChI is InChI=1S/C12H20N2O3S/c1-9(17-3)8-14-18(15,16)12-6-4-11(5-7-12)10(2)13/h4-7,9-10,14H,8,13H2,1-3H3. The maximum absolute atomic E-state index is 11.9. The fraction of sp³-hybridized carbons (Fsp3) is 0.500. The molecule has 0 spiro atoms. The summed E-state index contributed by atoms with van der Waals surface area (Å²) in [5.41, 5.74) is 6.61. The number of rotatable bonds is 6. The Labute approximate surface area is 108 Å². The van der Waals surface area contributed by atoms with Gasteiger partial charge in [-0.3, -0.25) is 0 Å². The van der Waals surface area contributed by atoms with Gasteiger partial charge in [0.05, 0.1) is 11.0 Å². The molecule has 0 fully saturated rings. The van der Waals surface area contributed by atoms with E-state index < -0.39 is 10.0 Å². The third-order valence-electron chi connectivity index (χ3n) is 2.68. The Bertz CT molecular complexity index is 469. The van der Waals surface area contributed by atoms with Crippen molar-refractivity contribution in [2.75, 3.05) is 13.7 Å². The van der Waals surface area contributed by atoms with E-state index in [1.54, 1.807) is 31.2 Å². The molecule has 2 atom stereocenters. The fourth-order valence-electron chi connectivity index (χ4n) is 1.34. The van der Waals surface area contributed by atoms with E-state index >= 15 is 0 Å². The van der Waals surface area contributed by atoms with Gasteiger partial charge in [-0.1, -0.05) is 12.1 Å². The van der Waals surface area contributed by atoms with Crippen molar-refractivity contribution in [2.45, 2.75) is 30.9 Å². The van der Waals surface area contributed by atoms with E-state index in [0.29, 0.717) is 0 Å². The summed E-state index contributed by atoms with van der Waals surface area (Å²) in [6, 6.07) is 6.44. The van der Waals surface area contributed by atoms with Crippen LogP contribution in [0, 0.1) is 0 Å². The first-order valence-electron chi connectivity index (χ1n) is 5.75. The summed E-state index contributed by atoms with van der Waals surface area (Å²) in [6.07, 6.45) is -0.164. The van der Waals surface area contributed by atoms with Crippen LogP contribution in [0.25, 0.3) is 0 Å². The fourth-order valence-corrected chi connectivity index (χ4v) is 2.46. The molecule has 0 aliphatic rings. The molecule has 0 saturated heterocycles. The lowest BCUT2D eigenvalue weighted by molar-refractivity contribution is 0.122. The van der Waals surface area contributed by atoms with Crippen molar-refractivity contribution < 1.29 is 13.2 Å². The largest absolute Gasteiger partial charge is 0.380 e. The van der Waals surface area contributed by atoms with Crippen molar-refractivity contribution in [3.05, 3.63) is 29.8 Å². The van der Waals surface area contributed by atoms with Gasteiger partial charge in [0.15, 0.2) is 0 Å². The van der Waals surface area contributed by atoms with Gasteiger partial charge in [0, 0.05) is 19.7 Å². The van der Waals surface area contributed by atoms with E-state index in [-0.39, 0.29) is 23.6 Å². The molecule has 3 N–H and O–H groups in total. The predicted octanol–water partition coefficient (Wildman–Crippen LogP) is 1.02. The molecule has 2 unspecified atom stereocenters. The molecule has 0 bridgehead atoms. The summed E-state index contributed by atoms with van der Waals surface area (Å²) in [4.78, 5) is 0.232. The van der Waals surface area contributed by atoms with Crippen LogP contribution in [0.2, 0.25) is 0 Å². The minimum atomic E-state index is -3.48. The van der Waals surface area contributed by atoms with Crippen LogP contribution in [0.1, 0.15) is 25.5 Å². The van der Waals surface area contributed by atoms with E-state index in [4.69, 9.17) is 10.5 Å². The second kappa shape index (κ2) is 6.29. The molecule has 6 heteroatoms. The van der Waals surface area contributed by atoms with Crippen molar-refractivity contribution in [2.24, 2.45) is 5.73 Å². The van der Waals surface area contributed by atoms with Crippen molar-refractivity contribution in [1.29, 1.82) is 0 Å². The average Bonchev–Trinajstić information content (AvgIpc) is 2.36. The Kier molecular flexibility index (Phi) is 5.28. The summed E-state index contributed by atoms with van der Waals surface area (Å²) in [7, 11) is -1.94. The van der Waals surface area contributed by atoms with Crippen LogP contribution in [0.4, 0.5) is 0 Å². The number of hydrogen-bond acceptors (Lipinski definition) is 4. The van der Waals surface area contributed by atoms with E-state index in [2.05, 4.69) is 4.72 Å². The van der Waals surface area contributed by atoms with Gasteiger partial charge in [0.2, 0.25) is 10.0 Å². The van der Waals surface area contributed by atoms with Crippen molar-refractivity contribution in [3.63, 3.8) is 0 Å². The molecule has 1 aromatic carbocycles. The van der Waals surface area contributed by atoms with E-state index in [9.17, 15) is 8.42 Å².